The standard InChI is InChI=1S/C16H24ClNO/c1-11(2)15(12(3)4)10-18-16(19)9-13-5-7-14(17)8-6-13/h5-8,11-12,15H,9-10H2,1-4H3,(H,18,19). The smallest absolute Gasteiger partial charge is 0.224 e. The lowest BCUT2D eigenvalue weighted by molar-refractivity contribution is -0.120. The first-order valence-electron chi connectivity index (χ1n) is 6.91. The van der Waals surface area contributed by atoms with Gasteiger partial charge < -0.3 is 5.32 Å². The molecular formula is C16H24ClNO. The molecule has 0 fully saturated rings. The lowest BCUT2D eigenvalue weighted by Gasteiger charge is -2.25. The summed E-state index contributed by atoms with van der Waals surface area (Å²) in [6, 6.07) is 7.42. The molecule has 0 aliphatic rings. The minimum atomic E-state index is 0.0774. The number of hydrogen-bond acceptors (Lipinski definition) is 1. The first kappa shape index (κ1) is 16.0. The lowest BCUT2D eigenvalue weighted by Crippen LogP contribution is -2.34. The second-order valence-corrected chi connectivity index (χ2v) is 6.20. The number of amides is 1. The number of carbonyl (C=O) groups is 1. The summed E-state index contributed by atoms with van der Waals surface area (Å²) in [6.07, 6.45) is 0.417. The Labute approximate surface area is 121 Å². The van der Waals surface area contributed by atoms with Crippen molar-refractivity contribution < 1.29 is 4.79 Å². The van der Waals surface area contributed by atoms with Crippen LogP contribution in [0.25, 0.3) is 0 Å². The van der Waals surface area contributed by atoms with E-state index < -0.39 is 0 Å². The average Bonchev–Trinajstić information content (AvgIpc) is 2.31. The van der Waals surface area contributed by atoms with Crippen LogP contribution in [-0.2, 0) is 11.2 Å². The largest absolute Gasteiger partial charge is 0.356 e. The van der Waals surface area contributed by atoms with Gasteiger partial charge in [-0.25, -0.2) is 0 Å². The molecular weight excluding hydrogens is 258 g/mol. The third kappa shape index (κ3) is 5.65. The predicted octanol–water partition coefficient (Wildman–Crippen LogP) is 3.93. The summed E-state index contributed by atoms with van der Waals surface area (Å²) in [4.78, 5) is 11.9. The van der Waals surface area contributed by atoms with Gasteiger partial charge in [0.2, 0.25) is 5.91 Å². The molecule has 0 unspecified atom stereocenters. The topological polar surface area (TPSA) is 29.1 Å². The van der Waals surface area contributed by atoms with Gasteiger partial charge in [0.1, 0.15) is 0 Å². The molecule has 0 saturated heterocycles. The van der Waals surface area contributed by atoms with Crippen molar-refractivity contribution in [2.24, 2.45) is 17.8 Å². The van der Waals surface area contributed by atoms with Crippen LogP contribution in [0, 0.1) is 17.8 Å². The SMILES string of the molecule is CC(C)C(CNC(=O)Cc1ccc(Cl)cc1)C(C)C. The Morgan fingerprint density at radius 2 is 1.63 bits per heavy atom. The van der Waals surface area contributed by atoms with E-state index in [1.165, 1.54) is 0 Å². The predicted molar refractivity (Wildman–Crippen MR) is 81.3 cm³/mol. The number of rotatable bonds is 6. The third-order valence-electron chi connectivity index (χ3n) is 3.53. The van der Waals surface area contributed by atoms with Crippen molar-refractivity contribution in [3.63, 3.8) is 0 Å². The first-order chi connectivity index (χ1) is 8.90. The van der Waals surface area contributed by atoms with E-state index >= 15 is 0 Å². The van der Waals surface area contributed by atoms with Gasteiger partial charge >= 0.3 is 0 Å². The lowest BCUT2D eigenvalue weighted by atomic mass is 9.85. The van der Waals surface area contributed by atoms with E-state index in [9.17, 15) is 4.79 Å². The fourth-order valence-corrected chi connectivity index (χ4v) is 2.45. The summed E-state index contributed by atoms with van der Waals surface area (Å²) >= 11 is 5.82. The molecule has 0 aliphatic heterocycles. The molecule has 2 nitrogen and oxygen atoms in total. The quantitative estimate of drug-likeness (QED) is 0.841. The zero-order valence-electron chi connectivity index (χ0n) is 12.2. The molecule has 3 heteroatoms. The maximum atomic E-state index is 11.9. The summed E-state index contributed by atoms with van der Waals surface area (Å²) in [7, 11) is 0. The molecule has 0 atom stereocenters. The van der Waals surface area contributed by atoms with Gasteiger partial charge in [-0.05, 0) is 35.4 Å². The van der Waals surface area contributed by atoms with Gasteiger partial charge in [0.15, 0.2) is 0 Å². The summed E-state index contributed by atoms with van der Waals surface area (Å²) in [6.45, 7) is 9.57. The highest BCUT2D eigenvalue weighted by atomic mass is 35.5. The Balaban J connectivity index is 2.45. The van der Waals surface area contributed by atoms with Crippen molar-refractivity contribution in [3.8, 4) is 0 Å². The number of hydrogen-bond donors (Lipinski definition) is 1. The highest BCUT2D eigenvalue weighted by Gasteiger charge is 2.18. The first-order valence-corrected chi connectivity index (χ1v) is 7.29. The van der Waals surface area contributed by atoms with Crippen molar-refractivity contribution in [1.29, 1.82) is 0 Å². The van der Waals surface area contributed by atoms with Crippen LogP contribution < -0.4 is 5.32 Å². The van der Waals surface area contributed by atoms with Crippen LogP contribution in [0.4, 0.5) is 0 Å². The number of halogens is 1. The maximum absolute atomic E-state index is 11.9. The molecule has 0 aliphatic carbocycles. The molecule has 1 N–H and O–H groups in total. The van der Waals surface area contributed by atoms with Crippen LogP contribution in [-0.4, -0.2) is 12.5 Å². The summed E-state index contributed by atoms with van der Waals surface area (Å²) in [5, 5.41) is 3.73. The molecule has 0 saturated carbocycles. The summed E-state index contributed by atoms with van der Waals surface area (Å²) in [5.74, 6) is 1.76. The van der Waals surface area contributed by atoms with E-state index in [0.717, 1.165) is 12.1 Å². The Morgan fingerprint density at radius 1 is 1.11 bits per heavy atom. The van der Waals surface area contributed by atoms with Crippen LogP contribution >= 0.6 is 11.6 Å². The van der Waals surface area contributed by atoms with Crippen molar-refractivity contribution in [3.05, 3.63) is 34.9 Å². The fraction of sp³-hybridized carbons (Fsp3) is 0.562. The van der Waals surface area contributed by atoms with Gasteiger partial charge in [-0.2, -0.15) is 0 Å². The molecule has 0 radical (unpaired) electrons. The van der Waals surface area contributed by atoms with Gasteiger partial charge in [0.05, 0.1) is 6.42 Å². The summed E-state index contributed by atoms with van der Waals surface area (Å²) < 4.78 is 0. The van der Waals surface area contributed by atoms with E-state index in [1.807, 2.05) is 24.3 Å². The fourth-order valence-electron chi connectivity index (χ4n) is 2.32. The second-order valence-electron chi connectivity index (χ2n) is 5.76. The highest BCUT2D eigenvalue weighted by molar-refractivity contribution is 6.30. The van der Waals surface area contributed by atoms with Crippen molar-refractivity contribution in [1.82, 2.24) is 5.32 Å². The van der Waals surface area contributed by atoms with Gasteiger partial charge in [0.25, 0.3) is 0 Å². The molecule has 1 aromatic carbocycles. The van der Waals surface area contributed by atoms with Gasteiger partial charge in [-0.1, -0.05) is 51.4 Å². The minimum absolute atomic E-state index is 0.0774. The van der Waals surface area contributed by atoms with E-state index in [1.54, 1.807) is 0 Å². The Kier molecular flexibility index (Phi) is 6.36. The van der Waals surface area contributed by atoms with Crippen molar-refractivity contribution >= 4 is 17.5 Å². The van der Waals surface area contributed by atoms with E-state index in [0.29, 0.717) is 29.2 Å². The van der Waals surface area contributed by atoms with E-state index in [2.05, 4.69) is 33.0 Å². The summed E-state index contributed by atoms with van der Waals surface area (Å²) in [5.41, 5.74) is 0.993. The molecule has 0 heterocycles. The van der Waals surface area contributed by atoms with Gasteiger partial charge in [0, 0.05) is 11.6 Å². The molecule has 19 heavy (non-hydrogen) atoms. The Morgan fingerprint density at radius 3 is 2.11 bits per heavy atom. The van der Waals surface area contributed by atoms with Crippen LogP contribution in [0.15, 0.2) is 24.3 Å². The monoisotopic (exact) mass is 281 g/mol. The van der Waals surface area contributed by atoms with Crippen molar-refractivity contribution in [2.75, 3.05) is 6.54 Å². The average molecular weight is 282 g/mol. The molecule has 0 aromatic heterocycles. The Bertz CT molecular complexity index is 390. The zero-order valence-corrected chi connectivity index (χ0v) is 13.0. The third-order valence-corrected chi connectivity index (χ3v) is 3.78. The highest BCUT2D eigenvalue weighted by Crippen LogP contribution is 2.19. The van der Waals surface area contributed by atoms with Gasteiger partial charge in [-0.15, -0.1) is 0 Å². The number of nitrogens with one attached hydrogen (secondary N) is 1. The molecule has 0 bridgehead atoms. The van der Waals surface area contributed by atoms with E-state index in [-0.39, 0.29) is 5.91 Å². The molecule has 0 spiro atoms. The van der Waals surface area contributed by atoms with Crippen LogP contribution in [0.1, 0.15) is 33.3 Å². The minimum Gasteiger partial charge on any atom is -0.356 e. The molecule has 1 aromatic rings. The normalized spacial score (nSPS) is 11.4. The molecule has 1 rings (SSSR count). The number of carbonyl (C=O) groups excluding carboxylic acids is 1. The van der Waals surface area contributed by atoms with Crippen LogP contribution in [0.5, 0.6) is 0 Å². The van der Waals surface area contributed by atoms with Gasteiger partial charge in [-0.3, -0.25) is 4.79 Å². The van der Waals surface area contributed by atoms with Crippen LogP contribution in [0.3, 0.4) is 0 Å². The van der Waals surface area contributed by atoms with Crippen molar-refractivity contribution in [2.45, 2.75) is 34.1 Å². The molecule has 106 valence electrons. The number of benzene rings is 1. The van der Waals surface area contributed by atoms with E-state index in [4.69, 9.17) is 11.6 Å². The van der Waals surface area contributed by atoms with Crippen LogP contribution in [0.2, 0.25) is 5.02 Å². The second kappa shape index (κ2) is 7.54. The maximum Gasteiger partial charge on any atom is 0.224 e. The molecule has 1 amide bonds. The Hall–Kier alpha value is -1.02. The zero-order chi connectivity index (χ0) is 14.4.